The number of anilines is 1. The number of hydrogen-bond acceptors (Lipinski definition) is 3. The highest BCUT2D eigenvalue weighted by molar-refractivity contribution is 5.97. The number of hydrogen-bond donors (Lipinski definition) is 2. The number of nitrogens with one attached hydrogen (secondary N) is 2. The minimum atomic E-state index is -0.373. The van der Waals surface area contributed by atoms with Crippen LogP contribution in [0.3, 0.4) is 0 Å². The Morgan fingerprint density at radius 1 is 1.08 bits per heavy atom. The smallest absolute Gasteiger partial charge is 0.262 e. The van der Waals surface area contributed by atoms with Crippen LogP contribution in [0.5, 0.6) is 0 Å². The second kappa shape index (κ2) is 8.67. The van der Waals surface area contributed by atoms with Gasteiger partial charge in [0.05, 0.1) is 5.71 Å². The predicted octanol–water partition coefficient (Wildman–Crippen LogP) is 4.00. The number of aryl methyl sites for hydroxylation is 1. The molecule has 0 aliphatic carbocycles. The molecule has 0 saturated heterocycles. The minimum Gasteiger partial charge on any atom is -0.374 e. The number of carbonyl (C=O) groups is 1. The Hall–Kier alpha value is -2.88. The summed E-state index contributed by atoms with van der Waals surface area (Å²) >= 11 is 0. The molecule has 0 spiro atoms. The van der Waals surface area contributed by atoms with Gasteiger partial charge >= 0.3 is 0 Å². The summed E-state index contributed by atoms with van der Waals surface area (Å²) in [5, 5.41) is 7.26. The van der Waals surface area contributed by atoms with Gasteiger partial charge < -0.3 is 5.32 Å². The molecule has 1 amide bonds. The normalized spacial score (nSPS) is 12.9. The van der Waals surface area contributed by atoms with Crippen LogP contribution >= 0.6 is 0 Å². The lowest BCUT2D eigenvalue weighted by Gasteiger charge is -2.13. The molecular formula is C20H23N3O. The molecule has 0 fully saturated rings. The van der Waals surface area contributed by atoms with Gasteiger partial charge in [0, 0.05) is 5.69 Å². The Morgan fingerprint density at radius 3 is 2.42 bits per heavy atom. The van der Waals surface area contributed by atoms with E-state index in [-0.39, 0.29) is 11.9 Å². The van der Waals surface area contributed by atoms with Crippen molar-refractivity contribution in [3.63, 3.8) is 0 Å². The molecule has 1 atom stereocenters. The van der Waals surface area contributed by atoms with Gasteiger partial charge in [-0.3, -0.25) is 4.79 Å². The van der Waals surface area contributed by atoms with Crippen LogP contribution in [0.25, 0.3) is 6.08 Å². The first-order valence-corrected chi connectivity index (χ1v) is 7.95. The zero-order valence-corrected chi connectivity index (χ0v) is 14.3. The summed E-state index contributed by atoms with van der Waals surface area (Å²) in [5.41, 5.74) is 6.50. The lowest BCUT2D eigenvalue weighted by atomic mass is 10.2. The fraction of sp³-hybridized carbons (Fsp3) is 0.200. The molecule has 1 unspecified atom stereocenters. The largest absolute Gasteiger partial charge is 0.374 e. The van der Waals surface area contributed by atoms with E-state index >= 15 is 0 Å². The standard InChI is InChI=1S/C20H23N3O/c1-15-9-13-19(14-10-15)21-17(3)20(24)23-22-16(2)11-12-18-7-5-4-6-8-18/h4-14,17,21H,1-3H3,(H,23,24)/b12-11+,22-16-. The maximum atomic E-state index is 12.1. The fourth-order valence-corrected chi connectivity index (χ4v) is 2.02. The quantitative estimate of drug-likeness (QED) is 0.624. The number of nitrogens with zero attached hydrogens (tertiary/aromatic N) is 1. The first-order valence-electron chi connectivity index (χ1n) is 7.95. The van der Waals surface area contributed by atoms with Crippen molar-refractivity contribution in [3.05, 3.63) is 71.8 Å². The van der Waals surface area contributed by atoms with Crippen LogP contribution < -0.4 is 10.7 Å². The van der Waals surface area contributed by atoms with Gasteiger partial charge in [-0.2, -0.15) is 5.10 Å². The van der Waals surface area contributed by atoms with Crippen molar-refractivity contribution in [3.8, 4) is 0 Å². The van der Waals surface area contributed by atoms with E-state index in [2.05, 4.69) is 15.8 Å². The number of hydrazone groups is 1. The zero-order valence-electron chi connectivity index (χ0n) is 14.3. The van der Waals surface area contributed by atoms with Crippen LogP contribution in [-0.2, 0) is 4.79 Å². The Balaban J connectivity index is 1.86. The van der Waals surface area contributed by atoms with Crippen molar-refractivity contribution in [1.82, 2.24) is 5.43 Å². The van der Waals surface area contributed by atoms with Crippen molar-refractivity contribution < 1.29 is 4.79 Å². The average Bonchev–Trinajstić information content (AvgIpc) is 2.60. The van der Waals surface area contributed by atoms with Gasteiger partial charge in [-0.15, -0.1) is 0 Å². The van der Waals surface area contributed by atoms with Gasteiger partial charge in [-0.25, -0.2) is 5.43 Å². The molecule has 0 radical (unpaired) electrons. The summed E-state index contributed by atoms with van der Waals surface area (Å²) in [6.45, 7) is 5.68. The van der Waals surface area contributed by atoms with Crippen LogP contribution in [0.1, 0.15) is 25.0 Å². The maximum Gasteiger partial charge on any atom is 0.262 e. The summed E-state index contributed by atoms with van der Waals surface area (Å²) in [4.78, 5) is 12.1. The highest BCUT2D eigenvalue weighted by Crippen LogP contribution is 2.10. The molecule has 4 heteroatoms. The molecule has 0 saturated carbocycles. The highest BCUT2D eigenvalue weighted by Gasteiger charge is 2.11. The van der Waals surface area contributed by atoms with Gasteiger partial charge in [0.15, 0.2) is 0 Å². The Kier molecular flexibility index (Phi) is 6.32. The molecule has 124 valence electrons. The van der Waals surface area contributed by atoms with E-state index < -0.39 is 0 Å². The number of rotatable bonds is 6. The van der Waals surface area contributed by atoms with E-state index in [9.17, 15) is 4.79 Å². The van der Waals surface area contributed by atoms with Crippen molar-refractivity contribution in [2.75, 3.05) is 5.32 Å². The molecule has 24 heavy (non-hydrogen) atoms. The topological polar surface area (TPSA) is 53.5 Å². The summed E-state index contributed by atoms with van der Waals surface area (Å²) in [6, 6.07) is 17.5. The van der Waals surface area contributed by atoms with Crippen LogP contribution in [0, 0.1) is 6.92 Å². The third-order valence-electron chi connectivity index (χ3n) is 3.49. The van der Waals surface area contributed by atoms with E-state index in [1.807, 2.05) is 80.6 Å². The second-order valence-corrected chi connectivity index (χ2v) is 5.71. The fourth-order valence-electron chi connectivity index (χ4n) is 2.02. The molecule has 0 aromatic heterocycles. The minimum absolute atomic E-state index is 0.178. The lowest BCUT2D eigenvalue weighted by molar-refractivity contribution is -0.121. The van der Waals surface area contributed by atoms with E-state index in [0.717, 1.165) is 17.0 Å². The van der Waals surface area contributed by atoms with Gasteiger partial charge in [-0.1, -0.05) is 54.1 Å². The molecule has 2 rings (SSSR count). The predicted molar refractivity (Wildman–Crippen MR) is 101 cm³/mol. The Bertz CT molecular complexity index is 718. The van der Waals surface area contributed by atoms with Gasteiger partial charge in [-0.05, 0) is 44.5 Å². The third-order valence-corrected chi connectivity index (χ3v) is 3.49. The van der Waals surface area contributed by atoms with Crippen molar-refractivity contribution >= 4 is 23.4 Å². The number of allylic oxidation sites excluding steroid dienone is 1. The molecule has 0 aliphatic rings. The monoisotopic (exact) mass is 321 g/mol. The SMILES string of the molecule is CC(/C=C/c1ccccc1)=N/NC(=O)C(C)Nc1ccc(C)cc1. The van der Waals surface area contributed by atoms with Crippen molar-refractivity contribution in [2.24, 2.45) is 5.10 Å². The molecule has 0 aliphatic heterocycles. The molecule has 0 bridgehead atoms. The van der Waals surface area contributed by atoms with E-state index in [4.69, 9.17) is 0 Å². The van der Waals surface area contributed by atoms with Crippen LogP contribution in [0.2, 0.25) is 0 Å². The molecule has 2 N–H and O–H groups in total. The molecule has 2 aromatic rings. The van der Waals surface area contributed by atoms with E-state index in [0.29, 0.717) is 0 Å². The Morgan fingerprint density at radius 2 is 1.75 bits per heavy atom. The van der Waals surface area contributed by atoms with E-state index in [1.54, 1.807) is 6.92 Å². The van der Waals surface area contributed by atoms with Crippen LogP contribution in [0.4, 0.5) is 5.69 Å². The zero-order chi connectivity index (χ0) is 17.4. The van der Waals surface area contributed by atoms with Crippen molar-refractivity contribution in [2.45, 2.75) is 26.8 Å². The van der Waals surface area contributed by atoms with Gasteiger partial charge in [0.2, 0.25) is 0 Å². The van der Waals surface area contributed by atoms with Gasteiger partial charge in [0.25, 0.3) is 5.91 Å². The lowest BCUT2D eigenvalue weighted by Crippen LogP contribution is -2.35. The summed E-state index contributed by atoms with van der Waals surface area (Å²) in [5.74, 6) is -0.178. The molecule has 2 aromatic carbocycles. The third kappa shape index (κ3) is 5.72. The van der Waals surface area contributed by atoms with E-state index in [1.165, 1.54) is 5.56 Å². The first kappa shape index (κ1) is 17.5. The van der Waals surface area contributed by atoms with Crippen molar-refractivity contribution in [1.29, 1.82) is 0 Å². The maximum absolute atomic E-state index is 12.1. The summed E-state index contributed by atoms with van der Waals surface area (Å²) in [7, 11) is 0. The molecule has 0 heterocycles. The van der Waals surface area contributed by atoms with Gasteiger partial charge in [0.1, 0.15) is 6.04 Å². The summed E-state index contributed by atoms with van der Waals surface area (Å²) in [6.07, 6.45) is 3.83. The molecular weight excluding hydrogens is 298 g/mol. The van der Waals surface area contributed by atoms with Crippen LogP contribution in [0.15, 0.2) is 65.8 Å². The highest BCUT2D eigenvalue weighted by atomic mass is 16.2. The second-order valence-electron chi connectivity index (χ2n) is 5.71. The summed E-state index contributed by atoms with van der Waals surface area (Å²) < 4.78 is 0. The van der Waals surface area contributed by atoms with Crippen LogP contribution in [-0.4, -0.2) is 17.7 Å². The average molecular weight is 321 g/mol. The number of benzene rings is 2. The Labute approximate surface area is 143 Å². The number of amides is 1. The first-order chi connectivity index (χ1) is 11.5. The molecule has 4 nitrogen and oxygen atoms in total. The number of carbonyl (C=O) groups excluding carboxylic acids is 1.